The van der Waals surface area contributed by atoms with Gasteiger partial charge in [-0.3, -0.25) is 9.36 Å². The van der Waals surface area contributed by atoms with Crippen LogP contribution in [-0.2, 0) is 12.8 Å². The van der Waals surface area contributed by atoms with E-state index in [9.17, 15) is 4.79 Å². The molecule has 2 aromatic heterocycles. The molecule has 0 radical (unpaired) electrons. The molecule has 0 spiro atoms. The third-order valence-electron chi connectivity index (χ3n) is 4.41. The van der Waals surface area contributed by atoms with Crippen molar-refractivity contribution in [3.05, 3.63) is 51.1 Å². The van der Waals surface area contributed by atoms with Crippen molar-refractivity contribution in [3.63, 3.8) is 0 Å². The summed E-state index contributed by atoms with van der Waals surface area (Å²) in [6.45, 7) is 1.89. The number of aryl methyl sites for hydroxylation is 2. The number of rotatable bonds is 4. The molecule has 126 valence electrons. The van der Waals surface area contributed by atoms with E-state index in [1.165, 1.54) is 22.2 Å². The number of hydrogen-bond donors (Lipinski definition) is 0. The number of nitrogens with zero attached hydrogens (tertiary/aromatic N) is 3. The van der Waals surface area contributed by atoms with E-state index in [4.69, 9.17) is 10.2 Å². The van der Waals surface area contributed by atoms with Gasteiger partial charge in [-0.05, 0) is 43.9 Å². The summed E-state index contributed by atoms with van der Waals surface area (Å²) in [4.78, 5) is 20.3. The average molecular weight is 367 g/mol. The standard InChI is InChI=1S/C19H17N3OS2/c1-12(10-20)11-24-19-21-17-16(14-8-5-9-15(14)25-17)18(23)22(19)13-6-3-2-4-7-13/h2-4,6-7,12H,5,8-9,11H2,1H3/t12-/m0/s1. The van der Waals surface area contributed by atoms with Gasteiger partial charge in [0.2, 0.25) is 0 Å². The summed E-state index contributed by atoms with van der Waals surface area (Å²) >= 11 is 3.14. The normalized spacial score (nSPS) is 14.4. The Bertz CT molecular complexity index is 1030. The molecule has 2 heterocycles. The fourth-order valence-electron chi connectivity index (χ4n) is 3.16. The summed E-state index contributed by atoms with van der Waals surface area (Å²) in [6.07, 6.45) is 3.14. The minimum Gasteiger partial charge on any atom is -0.268 e. The minimum atomic E-state index is -0.0878. The zero-order valence-electron chi connectivity index (χ0n) is 13.9. The summed E-state index contributed by atoms with van der Waals surface area (Å²) in [5.74, 6) is 0.530. The number of benzene rings is 1. The third-order valence-corrected chi connectivity index (χ3v) is 6.79. The van der Waals surface area contributed by atoms with Gasteiger partial charge in [0.1, 0.15) is 4.83 Å². The van der Waals surface area contributed by atoms with E-state index in [0.717, 1.165) is 35.2 Å². The summed E-state index contributed by atoms with van der Waals surface area (Å²) in [5, 5.41) is 10.5. The molecule has 1 aliphatic carbocycles. The van der Waals surface area contributed by atoms with Crippen LogP contribution in [0.5, 0.6) is 0 Å². The predicted molar refractivity (Wildman–Crippen MR) is 103 cm³/mol. The number of para-hydroxylation sites is 1. The predicted octanol–water partition coefficient (Wildman–Crippen LogP) is 4.19. The van der Waals surface area contributed by atoms with Crippen molar-refractivity contribution < 1.29 is 0 Å². The van der Waals surface area contributed by atoms with Gasteiger partial charge in [0.05, 0.1) is 23.1 Å². The zero-order chi connectivity index (χ0) is 17.4. The Balaban J connectivity index is 1.93. The van der Waals surface area contributed by atoms with Crippen molar-refractivity contribution in [2.24, 2.45) is 5.92 Å². The number of fused-ring (bicyclic) bond motifs is 3. The number of thiophene rings is 1. The molecule has 1 atom stereocenters. The van der Waals surface area contributed by atoms with E-state index in [2.05, 4.69) is 6.07 Å². The van der Waals surface area contributed by atoms with Gasteiger partial charge < -0.3 is 0 Å². The second kappa shape index (κ2) is 6.66. The topological polar surface area (TPSA) is 58.7 Å². The Kier molecular flexibility index (Phi) is 4.36. The lowest BCUT2D eigenvalue weighted by atomic mass is 10.2. The van der Waals surface area contributed by atoms with Crippen LogP contribution >= 0.6 is 23.1 Å². The highest BCUT2D eigenvalue weighted by Gasteiger charge is 2.24. The van der Waals surface area contributed by atoms with Crippen LogP contribution in [0.1, 0.15) is 23.8 Å². The van der Waals surface area contributed by atoms with Crippen LogP contribution in [0.15, 0.2) is 40.3 Å². The highest BCUT2D eigenvalue weighted by atomic mass is 32.2. The molecule has 0 saturated carbocycles. The van der Waals surface area contributed by atoms with Crippen LogP contribution in [0, 0.1) is 17.2 Å². The molecule has 1 aliphatic rings. The van der Waals surface area contributed by atoms with Crippen molar-refractivity contribution >= 4 is 33.3 Å². The Morgan fingerprint density at radius 2 is 2.16 bits per heavy atom. The fourth-order valence-corrected chi connectivity index (χ4v) is 5.42. The van der Waals surface area contributed by atoms with Gasteiger partial charge in [-0.2, -0.15) is 5.26 Å². The molecule has 4 rings (SSSR count). The van der Waals surface area contributed by atoms with Crippen LogP contribution in [0.2, 0.25) is 0 Å². The lowest BCUT2D eigenvalue weighted by Gasteiger charge is -2.12. The zero-order valence-corrected chi connectivity index (χ0v) is 15.5. The molecule has 0 unspecified atom stereocenters. The summed E-state index contributed by atoms with van der Waals surface area (Å²) in [6, 6.07) is 11.9. The van der Waals surface area contributed by atoms with E-state index in [0.29, 0.717) is 10.9 Å². The van der Waals surface area contributed by atoms with Crippen molar-refractivity contribution in [2.45, 2.75) is 31.3 Å². The molecular weight excluding hydrogens is 350 g/mol. The highest BCUT2D eigenvalue weighted by molar-refractivity contribution is 7.99. The summed E-state index contributed by atoms with van der Waals surface area (Å²) in [7, 11) is 0. The van der Waals surface area contributed by atoms with E-state index < -0.39 is 0 Å². The smallest absolute Gasteiger partial charge is 0.267 e. The SMILES string of the molecule is C[C@@H](C#N)CSc1nc2sc3c(c2c(=O)n1-c1ccccc1)CCC3. The van der Waals surface area contributed by atoms with Crippen LogP contribution in [0.4, 0.5) is 0 Å². The van der Waals surface area contributed by atoms with Gasteiger partial charge in [0, 0.05) is 10.6 Å². The van der Waals surface area contributed by atoms with Gasteiger partial charge in [-0.25, -0.2) is 4.98 Å². The first-order valence-electron chi connectivity index (χ1n) is 8.34. The van der Waals surface area contributed by atoms with Crippen LogP contribution < -0.4 is 5.56 Å². The molecule has 0 bridgehead atoms. The molecule has 3 aromatic rings. The molecular formula is C19H17N3OS2. The van der Waals surface area contributed by atoms with Gasteiger partial charge in [-0.15, -0.1) is 11.3 Å². The number of nitriles is 1. The first kappa shape index (κ1) is 16.4. The Hall–Kier alpha value is -2.10. The molecule has 0 aliphatic heterocycles. The van der Waals surface area contributed by atoms with E-state index >= 15 is 0 Å². The maximum Gasteiger partial charge on any atom is 0.267 e. The van der Waals surface area contributed by atoms with E-state index in [1.54, 1.807) is 15.9 Å². The highest BCUT2D eigenvalue weighted by Crippen LogP contribution is 2.36. The first-order valence-corrected chi connectivity index (χ1v) is 10.1. The van der Waals surface area contributed by atoms with Crippen LogP contribution in [0.25, 0.3) is 15.9 Å². The molecule has 4 nitrogen and oxygen atoms in total. The quantitative estimate of drug-likeness (QED) is 0.512. The molecule has 0 saturated heterocycles. The number of thioether (sulfide) groups is 1. The largest absolute Gasteiger partial charge is 0.268 e. The van der Waals surface area contributed by atoms with Crippen molar-refractivity contribution in [3.8, 4) is 11.8 Å². The van der Waals surface area contributed by atoms with Crippen LogP contribution in [0.3, 0.4) is 0 Å². The van der Waals surface area contributed by atoms with Crippen LogP contribution in [-0.4, -0.2) is 15.3 Å². The number of aromatic nitrogens is 2. The Morgan fingerprint density at radius 1 is 1.36 bits per heavy atom. The second-order valence-corrected chi connectivity index (χ2v) is 8.32. The summed E-state index contributed by atoms with van der Waals surface area (Å²) in [5.41, 5.74) is 2.04. The van der Waals surface area contributed by atoms with Crippen molar-refractivity contribution in [1.82, 2.24) is 9.55 Å². The Labute approximate surface area is 154 Å². The molecule has 6 heteroatoms. The fraction of sp³-hybridized carbons (Fsp3) is 0.316. The van der Waals surface area contributed by atoms with Gasteiger partial charge in [-0.1, -0.05) is 30.0 Å². The molecule has 25 heavy (non-hydrogen) atoms. The lowest BCUT2D eigenvalue weighted by Crippen LogP contribution is -2.22. The molecule has 0 fully saturated rings. The molecule has 0 amide bonds. The van der Waals surface area contributed by atoms with E-state index in [-0.39, 0.29) is 11.5 Å². The lowest BCUT2D eigenvalue weighted by molar-refractivity contribution is 0.808. The maximum atomic E-state index is 13.3. The van der Waals surface area contributed by atoms with Crippen molar-refractivity contribution in [1.29, 1.82) is 5.26 Å². The van der Waals surface area contributed by atoms with Gasteiger partial charge in [0.15, 0.2) is 5.16 Å². The minimum absolute atomic E-state index is 0.0164. The monoisotopic (exact) mass is 367 g/mol. The maximum absolute atomic E-state index is 13.3. The van der Waals surface area contributed by atoms with Gasteiger partial charge in [0.25, 0.3) is 5.56 Å². The first-order chi connectivity index (χ1) is 12.2. The molecule has 0 N–H and O–H groups in total. The Morgan fingerprint density at radius 3 is 2.92 bits per heavy atom. The van der Waals surface area contributed by atoms with Crippen molar-refractivity contribution in [2.75, 3.05) is 5.75 Å². The summed E-state index contributed by atoms with van der Waals surface area (Å²) < 4.78 is 1.71. The van der Waals surface area contributed by atoms with E-state index in [1.807, 2.05) is 37.3 Å². The molecule has 1 aromatic carbocycles. The third kappa shape index (κ3) is 2.88. The second-order valence-electron chi connectivity index (χ2n) is 6.25. The number of hydrogen-bond acceptors (Lipinski definition) is 5. The average Bonchev–Trinajstić information content (AvgIpc) is 3.21. The van der Waals surface area contributed by atoms with Gasteiger partial charge >= 0.3 is 0 Å².